The Labute approximate surface area is 107 Å². The van der Waals surface area contributed by atoms with E-state index in [4.69, 9.17) is 5.73 Å². The molecule has 18 heavy (non-hydrogen) atoms. The third-order valence-corrected chi connectivity index (χ3v) is 2.97. The second kappa shape index (κ2) is 5.04. The lowest BCUT2D eigenvalue weighted by atomic mass is 10.1. The summed E-state index contributed by atoms with van der Waals surface area (Å²) in [6.07, 6.45) is 1.76. The summed E-state index contributed by atoms with van der Waals surface area (Å²) < 4.78 is 0. The molecule has 0 bridgehead atoms. The summed E-state index contributed by atoms with van der Waals surface area (Å²) in [5.41, 5.74) is 9.58. The molecule has 2 rings (SSSR count). The zero-order valence-electron chi connectivity index (χ0n) is 10.9. The van der Waals surface area contributed by atoms with Crippen LogP contribution in [0.15, 0.2) is 30.5 Å². The van der Waals surface area contributed by atoms with Gasteiger partial charge < -0.3 is 11.1 Å². The average molecular weight is 242 g/mol. The number of nitrogens with one attached hydrogen (secondary N) is 1. The van der Waals surface area contributed by atoms with Crippen LogP contribution in [0.3, 0.4) is 0 Å². The summed E-state index contributed by atoms with van der Waals surface area (Å²) in [7, 11) is 0. The molecular weight excluding hydrogens is 224 g/mol. The Morgan fingerprint density at radius 3 is 2.67 bits per heavy atom. The second-order valence-corrected chi connectivity index (χ2v) is 4.46. The third kappa shape index (κ3) is 2.77. The Morgan fingerprint density at radius 2 is 2.00 bits per heavy atom. The third-order valence-electron chi connectivity index (χ3n) is 2.97. The number of anilines is 2. The van der Waals surface area contributed by atoms with E-state index in [1.54, 1.807) is 6.20 Å². The van der Waals surface area contributed by atoms with Crippen molar-refractivity contribution in [2.75, 3.05) is 11.1 Å². The Balaban J connectivity index is 2.16. The normalized spacial score (nSPS) is 12.2. The van der Waals surface area contributed by atoms with E-state index in [2.05, 4.69) is 22.2 Å². The largest absolute Gasteiger partial charge is 0.399 e. The lowest BCUT2D eigenvalue weighted by Crippen LogP contribution is -2.09. The van der Waals surface area contributed by atoms with Crippen molar-refractivity contribution in [3.8, 4) is 0 Å². The van der Waals surface area contributed by atoms with Crippen LogP contribution in [0.2, 0.25) is 0 Å². The van der Waals surface area contributed by atoms with E-state index >= 15 is 0 Å². The molecule has 0 fully saturated rings. The van der Waals surface area contributed by atoms with Gasteiger partial charge in [0.25, 0.3) is 0 Å². The Bertz CT molecular complexity index is 551. The number of hydrogen-bond donors (Lipinski definition) is 2. The van der Waals surface area contributed by atoms with Gasteiger partial charge in [0, 0.05) is 5.69 Å². The minimum atomic E-state index is 0.143. The molecule has 94 valence electrons. The number of hydrogen-bond acceptors (Lipinski definition) is 4. The minimum absolute atomic E-state index is 0.143. The lowest BCUT2D eigenvalue weighted by Gasteiger charge is -2.15. The number of aromatic nitrogens is 2. The summed E-state index contributed by atoms with van der Waals surface area (Å²) in [5.74, 6) is 0.785. The zero-order valence-corrected chi connectivity index (χ0v) is 10.9. The molecule has 2 aromatic rings. The first-order valence-electron chi connectivity index (χ1n) is 5.98. The van der Waals surface area contributed by atoms with Gasteiger partial charge in [0.1, 0.15) is 5.82 Å². The first kappa shape index (κ1) is 12.4. The van der Waals surface area contributed by atoms with Gasteiger partial charge in [0.2, 0.25) is 0 Å². The quantitative estimate of drug-likeness (QED) is 0.812. The molecule has 1 atom stereocenters. The fraction of sp³-hybridized carbons (Fsp3) is 0.286. The molecule has 1 aromatic carbocycles. The lowest BCUT2D eigenvalue weighted by molar-refractivity contribution is 0.866. The van der Waals surface area contributed by atoms with E-state index in [-0.39, 0.29) is 6.04 Å². The van der Waals surface area contributed by atoms with Crippen LogP contribution in [0.5, 0.6) is 0 Å². The van der Waals surface area contributed by atoms with E-state index in [1.807, 2.05) is 38.1 Å². The molecule has 0 aliphatic heterocycles. The van der Waals surface area contributed by atoms with Crippen LogP contribution >= 0.6 is 0 Å². The molecule has 1 aromatic heterocycles. The highest BCUT2D eigenvalue weighted by molar-refractivity contribution is 5.44. The first-order chi connectivity index (χ1) is 8.56. The number of nitrogen functional groups attached to an aromatic ring is 1. The van der Waals surface area contributed by atoms with Crippen LogP contribution in [-0.4, -0.2) is 9.97 Å². The van der Waals surface area contributed by atoms with Crippen LogP contribution in [-0.2, 0) is 0 Å². The summed E-state index contributed by atoms with van der Waals surface area (Å²) in [5, 5.41) is 3.32. The molecule has 0 amide bonds. The number of rotatable bonds is 3. The van der Waals surface area contributed by atoms with Crippen LogP contribution in [0.25, 0.3) is 0 Å². The molecule has 0 aliphatic carbocycles. The summed E-state index contributed by atoms with van der Waals surface area (Å²) in [4.78, 5) is 8.75. The minimum Gasteiger partial charge on any atom is -0.399 e. The molecule has 0 radical (unpaired) electrons. The van der Waals surface area contributed by atoms with Crippen molar-refractivity contribution in [3.63, 3.8) is 0 Å². The van der Waals surface area contributed by atoms with Gasteiger partial charge in [0.05, 0.1) is 23.6 Å². The highest BCUT2D eigenvalue weighted by Crippen LogP contribution is 2.19. The summed E-state index contributed by atoms with van der Waals surface area (Å²) in [6, 6.07) is 7.99. The SMILES string of the molecule is Cc1ncc(NC(C)c2cccc(N)c2)nc1C. The van der Waals surface area contributed by atoms with Crippen LogP contribution < -0.4 is 11.1 Å². The van der Waals surface area contributed by atoms with Crippen molar-refractivity contribution in [3.05, 3.63) is 47.4 Å². The molecule has 1 unspecified atom stereocenters. The standard InChI is InChI=1S/C14H18N4/c1-9-10(2)17-14(8-16-9)18-11(3)12-5-4-6-13(15)7-12/h4-8,11H,15H2,1-3H3,(H,17,18). The number of nitrogens with two attached hydrogens (primary N) is 1. The van der Waals surface area contributed by atoms with Crippen molar-refractivity contribution >= 4 is 11.5 Å². The Morgan fingerprint density at radius 1 is 1.22 bits per heavy atom. The number of benzene rings is 1. The van der Waals surface area contributed by atoms with Gasteiger partial charge in [-0.3, -0.25) is 4.98 Å². The predicted molar refractivity (Wildman–Crippen MR) is 74.4 cm³/mol. The Hall–Kier alpha value is -2.10. The van der Waals surface area contributed by atoms with Crippen molar-refractivity contribution in [2.45, 2.75) is 26.8 Å². The first-order valence-corrected chi connectivity index (χ1v) is 5.98. The molecular formula is C14H18N4. The van der Waals surface area contributed by atoms with Crippen LogP contribution in [0.1, 0.15) is 29.9 Å². The summed E-state index contributed by atoms with van der Waals surface area (Å²) in [6.45, 7) is 5.98. The molecule has 0 saturated heterocycles. The van der Waals surface area contributed by atoms with E-state index < -0.39 is 0 Å². The van der Waals surface area contributed by atoms with Crippen molar-refractivity contribution in [1.82, 2.24) is 9.97 Å². The molecule has 0 aliphatic rings. The van der Waals surface area contributed by atoms with Gasteiger partial charge in [-0.05, 0) is 38.5 Å². The average Bonchev–Trinajstić information content (AvgIpc) is 2.34. The maximum Gasteiger partial charge on any atom is 0.145 e. The van der Waals surface area contributed by atoms with Gasteiger partial charge in [-0.25, -0.2) is 4.98 Å². The predicted octanol–water partition coefficient (Wildman–Crippen LogP) is 2.85. The van der Waals surface area contributed by atoms with Gasteiger partial charge in [-0.1, -0.05) is 12.1 Å². The molecule has 3 N–H and O–H groups in total. The second-order valence-electron chi connectivity index (χ2n) is 4.46. The van der Waals surface area contributed by atoms with Crippen molar-refractivity contribution in [1.29, 1.82) is 0 Å². The smallest absolute Gasteiger partial charge is 0.145 e. The number of aryl methyl sites for hydroxylation is 2. The topological polar surface area (TPSA) is 63.8 Å². The molecule has 1 heterocycles. The van der Waals surface area contributed by atoms with E-state index in [0.717, 1.165) is 28.5 Å². The van der Waals surface area contributed by atoms with Crippen LogP contribution in [0, 0.1) is 13.8 Å². The maximum atomic E-state index is 5.78. The van der Waals surface area contributed by atoms with Crippen LogP contribution in [0.4, 0.5) is 11.5 Å². The molecule has 0 spiro atoms. The van der Waals surface area contributed by atoms with E-state index in [0.29, 0.717) is 0 Å². The van der Waals surface area contributed by atoms with Gasteiger partial charge in [0.15, 0.2) is 0 Å². The molecule has 4 heteroatoms. The van der Waals surface area contributed by atoms with Crippen molar-refractivity contribution in [2.24, 2.45) is 0 Å². The molecule has 0 saturated carbocycles. The van der Waals surface area contributed by atoms with E-state index in [1.165, 1.54) is 0 Å². The zero-order chi connectivity index (χ0) is 13.1. The van der Waals surface area contributed by atoms with E-state index in [9.17, 15) is 0 Å². The maximum absolute atomic E-state index is 5.78. The number of nitrogens with zero attached hydrogens (tertiary/aromatic N) is 2. The molecule has 4 nitrogen and oxygen atoms in total. The van der Waals surface area contributed by atoms with Gasteiger partial charge in [-0.2, -0.15) is 0 Å². The highest BCUT2D eigenvalue weighted by Gasteiger charge is 2.07. The fourth-order valence-corrected chi connectivity index (χ4v) is 1.74. The Kier molecular flexibility index (Phi) is 3.46. The fourth-order valence-electron chi connectivity index (χ4n) is 1.74. The highest BCUT2D eigenvalue weighted by atomic mass is 15.0. The van der Waals surface area contributed by atoms with Gasteiger partial charge >= 0.3 is 0 Å². The summed E-state index contributed by atoms with van der Waals surface area (Å²) >= 11 is 0. The monoisotopic (exact) mass is 242 g/mol. The van der Waals surface area contributed by atoms with Crippen molar-refractivity contribution < 1.29 is 0 Å². The van der Waals surface area contributed by atoms with Gasteiger partial charge in [-0.15, -0.1) is 0 Å².